The summed E-state index contributed by atoms with van der Waals surface area (Å²) in [6, 6.07) is 10.8. The fourth-order valence-corrected chi connectivity index (χ4v) is 2.00. The number of fused-ring (bicyclic) bond motifs is 1. The Bertz CT molecular complexity index is 626. The van der Waals surface area contributed by atoms with Gasteiger partial charge in [-0.2, -0.15) is 0 Å². The van der Waals surface area contributed by atoms with E-state index in [1.54, 1.807) is 23.7 Å². The quantitative estimate of drug-likeness (QED) is 0.509. The van der Waals surface area contributed by atoms with E-state index >= 15 is 0 Å². The van der Waals surface area contributed by atoms with Gasteiger partial charge < -0.3 is 19.1 Å². The molecule has 103 valence electrons. The van der Waals surface area contributed by atoms with Crippen LogP contribution in [0.5, 0.6) is 0 Å². The fourth-order valence-electron chi connectivity index (χ4n) is 2.00. The smallest absolute Gasteiger partial charge is 0.275 e. The molecule has 0 unspecified atom stereocenters. The van der Waals surface area contributed by atoms with Crippen LogP contribution >= 0.6 is 0 Å². The van der Waals surface area contributed by atoms with Gasteiger partial charge in [-0.1, -0.05) is 36.4 Å². The van der Waals surface area contributed by atoms with E-state index in [4.69, 9.17) is 5.21 Å². The molecule has 0 bridgehead atoms. The minimum absolute atomic E-state index is 0. The molecule has 0 saturated carbocycles. The van der Waals surface area contributed by atoms with Gasteiger partial charge in [0, 0.05) is 44.9 Å². The third-order valence-corrected chi connectivity index (χ3v) is 2.73. The third-order valence-electron chi connectivity index (χ3n) is 2.73. The van der Waals surface area contributed by atoms with Gasteiger partial charge in [0.1, 0.15) is 0 Å². The molecule has 2 N–H and O–H groups in total. The van der Waals surface area contributed by atoms with Gasteiger partial charge in [-0.15, -0.1) is 0 Å². The van der Waals surface area contributed by atoms with Gasteiger partial charge >= 0.3 is 0 Å². The van der Waals surface area contributed by atoms with Gasteiger partial charge in [0.25, 0.3) is 5.91 Å². The van der Waals surface area contributed by atoms with Gasteiger partial charge in [0.05, 0.1) is 5.56 Å². The second-order valence-electron chi connectivity index (χ2n) is 3.98. The van der Waals surface area contributed by atoms with Crippen molar-refractivity contribution in [3.63, 3.8) is 0 Å². The van der Waals surface area contributed by atoms with Crippen LogP contribution < -0.4 is 5.48 Å². The number of rotatable bonds is 3. The van der Waals surface area contributed by atoms with Crippen LogP contribution in [0.1, 0.15) is 15.9 Å². The minimum atomic E-state index is -0.622. The molecule has 5 heteroatoms. The number of Topliss-reactive ketones (excluding diaryl/α,β-unsaturated/α-hetero) is 1. The predicted octanol–water partition coefficient (Wildman–Crippen LogP) is 2.35. The van der Waals surface area contributed by atoms with E-state index in [1.807, 2.05) is 18.2 Å². The standard InChI is InChI=1S/C14H12NO3.CH3.Y/c1-9(16)8-11-7-6-10-4-2-3-5-12(10)13(11)14(17)15-18;;/h2-7,18H,1,8H2,(H,15,17);1H3;/q2*-1;. The normalized spacial score (nSPS) is 9.25. The van der Waals surface area contributed by atoms with Crippen LogP contribution in [0.25, 0.3) is 10.8 Å². The van der Waals surface area contributed by atoms with Crippen LogP contribution in [-0.4, -0.2) is 16.9 Å². The van der Waals surface area contributed by atoms with Crippen molar-refractivity contribution in [2.75, 3.05) is 0 Å². The number of ketones is 1. The number of amides is 1. The Morgan fingerprint density at radius 2 is 1.80 bits per heavy atom. The summed E-state index contributed by atoms with van der Waals surface area (Å²) >= 11 is 0. The Labute approximate surface area is 143 Å². The Kier molecular flexibility index (Phi) is 7.65. The maximum Gasteiger partial charge on any atom is 0.275 e. The molecule has 0 spiro atoms. The molecule has 0 heterocycles. The number of carbonyl (C=O) groups excluding carboxylic acids is 2. The average Bonchev–Trinajstić information content (AvgIpc) is 2.37. The summed E-state index contributed by atoms with van der Waals surface area (Å²) in [5.74, 6) is -0.902. The van der Waals surface area contributed by atoms with Crippen LogP contribution in [-0.2, 0) is 43.9 Å². The van der Waals surface area contributed by atoms with Gasteiger partial charge in [0.2, 0.25) is 0 Å². The predicted molar refractivity (Wildman–Crippen MR) is 73.7 cm³/mol. The molecule has 0 aliphatic carbocycles. The van der Waals surface area contributed by atoms with Crippen LogP contribution in [0.15, 0.2) is 36.4 Å². The van der Waals surface area contributed by atoms with Crippen LogP contribution in [0.2, 0.25) is 0 Å². The molecular formula is C15H15NO3Y-2. The molecule has 2 aromatic rings. The average molecular weight is 346 g/mol. The van der Waals surface area contributed by atoms with Crippen molar-refractivity contribution < 1.29 is 47.5 Å². The number of hydroxylamine groups is 1. The molecule has 2 aromatic carbocycles. The van der Waals surface area contributed by atoms with Gasteiger partial charge in [-0.3, -0.25) is 10.0 Å². The first-order valence-corrected chi connectivity index (χ1v) is 5.43. The summed E-state index contributed by atoms with van der Waals surface area (Å²) in [6.45, 7) is 3.31. The fraction of sp³-hybridized carbons (Fsp3) is 0.0667. The molecule has 0 saturated heterocycles. The van der Waals surface area contributed by atoms with E-state index in [9.17, 15) is 9.59 Å². The zero-order chi connectivity index (χ0) is 13.1. The minimum Gasteiger partial charge on any atom is -0.358 e. The molecule has 20 heavy (non-hydrogen) atoms. The number of benzene rings is 2. The number of nitrogens with one attached hydrogen (secondary N) is 1. The molecular weight excluding hydrogens is 331 g/mol. The number of carbonyl (C=O) groups is 2. The number of hydrogen-bond donors (Lipinski definition) is 2. The van der Waals surface area contributed by atoms with Crippen molar-refractivity contribution in [1.82, 2.24) is 5.48 Å². The van der Waals surface area contributed by atoms with Crippen molar-refractivity contribution in [2.24, 2.45) is 0 Å². The molecule has 1 radical (unpaired) electrons. The van der Waals surface area contributed by atoms with Gasteiger partial charge in [0.15, 0.2) is 0 Å². The Balaban J connectivity index is 0.00000180. The molecule has 1 amide bonds. The molecule has 0 fully saturated rings. The van der Waals surface area contributed by atoms with Crippen molar-refractivity contribution in [3.8, 4) is 0 Å². The van der Waals surface area contributed by atoms with Crippen LogP contribution in [0.3, 0.4) is 0 Å². The summed E-state index contributed by atoms with van der Waals surface area (Å²) in [6.07, 6.45) is 0.0631. The summed E-state index contributed by atoms with van der Waals surface area (Å²) in [4.78, 5) is 22.8. The summed E-state index contributed by atoms with van der Waals surface area (Å²) in [5.41, 5.74) is 2.48. The Morgan fingerprint density at radius 1 is 1.15 bits per heavy atom. The van der Waals surface area contributed by atoms with E-state index < -0.39 is 5.91 Å². The molecule has 0 atom stereocenters. The van der Waals surface area contributed by atoms with Crippen molar-refractivity contribution >= 4 is 22.5 Å². The maximum atomic E-state index is 11.7. The van der Waals surface area contributed by atoms with Crippen molar-refractivity contribution in [2.45, 2.75) is 6.42 Å². The molecule has 2 rings (SSSR count). The van der Waals surface area contributed by atoms with Gasteiger partial charge in [-0.05, 0) is 16.3 Å². The van der Waals surface area contributed by atoms with Crippen molar-refractivity contribution in [1.29, 1.82) is 0 Å². The SMILES string of the molecule is [CH2-]C(=O)Cc1ccc2ccccc2c1C(=O)NO.[CH3-].[Y]. The van der Waals surface area contributed by atoms with E-state index in [2.05, 4.69) is 6.92 Å². The monoisotopic (exact) mass is 346 g/mol. The van der Waals surface area contributed by atoms with E-state index in [-0.39, 0.29) is 52.3 Å². The first-order chi connectivity index (χ1) is 8.63. The Morgan fingerprint density at radius 3 is 2.40 bits per heavy atom. The molecule has 0 aliphatic heterocycles. The first kappa shape index (κ1) is 18.8. The van der Waals surface area contributed by atoms with Crippen LogP contribution in [0.4, 0.5) is 0 Å². The van der Waals surface area contributed by atoms with E-state index in [0.29, 0.717) is 16.5 Å². The third kappa shape index (κ3) is 3.89. The zero-order valence-electron chi connectivity index (χ0n) is 11.2. The topological polar surface area (TPSA) is 66.4 Å². The Hall–Kier alpha value is -1.23. The maximum absolute atomic E-state index is 11.7. The first-order valence-electron chi connectivity index (χ1n) is 5.43. The van der Waals surface area contributed by atoms with E-state index in [1.165, 1.54) is 0 Å². The summed E-state index contributed by atoms with van der Waals surface area (Å²) in [7, 11) is 0. The van der Waals surface area contributed by atoms with Crippen molar-refractivity contribution in [3.05, 3.63) is 61.9 Å². The van der Waals surface area contributed by atoms with Crippen LogP contribution in [0, 0.1) is 14.4 Å². The molecule has 0 aromatic heterocycles. The summed E-state index contributed by atoms with van der Waals surface area (Å²) < 4.78 is 0. The molecule has 4 nitrogen and oxygen atoms in total. The summed E-state index contributed by atoms with van der Waals surface area (Å²) in [5, 5.41) is 10.4. The second kappa shape index (κ2) is 8.15. The zero-order valence-corrected chi connectivity index (χ0v) is 14.1. The molecule has 0 aliphatic rings. The van der Waals surface area contributed by atoms with Gasteiger partial charge in [-0.25, -0.2) is 5.48 Å². The largest absolute Gasteiger partial charge is 0.358 e. The van der Waals surface area contributed by atoms with E-state index in [0.717, 1.165) is 5.39 Å². The second-order valence-corrected chi connectivity index (χ2v) is 3.98. The number of hydrogen-bond acceptors (Lipinski definition) is 3.